The minimum atomic E-state index is -1.25. The van der Waals surface area contributed by atoms with Crippen molar-refractivity contribution in [2.24, 2.45) is 0 Å². The number of carboxylic acid groups (broad SMARTS) is 1. The first-order valence-electron chi connectivity index (χ1n) is 7.59. The molecule has 6 nitrogen and oxygen atoms in total. The molecule has 0 saturated carbocycles. The van der Waals surface area contributed by atoms with Gasteiger partial charge in [0.2, 0.25) is 0 Å². The maximum atomic E-state index is 12.5. The van der Waals surface area contributed by atoms with E-state index in [-0.39, 0.29) is 12.1 Å². The zero-order valence-corrected chi connectivity index (χ0v) is 14.2. The number of imide groups is 1. The fourth-order valence-electron chi connectivity index (χ4n) is 2.26. The highest BCUT2D eigenvalue weighted by Crippen LogP contribution is 2.15. The number of nitrogens with zero attached hydrogens (tertiary/aromatic N) is 1. The van der Waals surface area contributed by atoms with Gasteiger partial charge >= 0.3 is 12.0 Å². The third-order valence-corrected chi connectivity index (χ3v) is 3.80. The molecule has 0 fully saturated rings. The number of halogens is 1. The first-order chi connectivity index (χ1) is 11.9. The average Bonchev–Trinajstić information content (AvgIpc) is 2.61. The fourth-order valence-corrected chi connectivity index (χ4v) is 2.39. The van der Waals surface area contributed by atoms with E-state index in [0.717, 1.165) is 4.90 Å². The largest absolute Gasteiger partial charge is 0.479 e. The van der Waals surface area contributed by atoms with Gasteiger partial charge in [-0.2, -0.15) is 0 Å². The summed E-state index contributed by atoms with van der Waals surface area (Å²) in [6.07, 6.45) is 0. The Bertz CT molecular complexity index is 762. The highest BCUT2D eigenvalue weighted by molar-refractivity contribution is 6.30. The molecule has 0 heterocycles. The number of carboxylic acids is 1. The molecule has 1 atom stereocenters. The third kappa shape index (κ3) is 4.58. The van der Waals surface area contributed by atoms with Crippen molar-refractivity contribution in [1.82, 2.24) is 10.2 Å². The molecule has 0 aliphatic heterocycles. The molecule has 2 aromatic rings. The van der Waals surface area contributed by atoms with E-state index in [2.05, 4.69) is 5.32 Å². The van der Waals surface area contributed by atoms with Gasteiger partial charge in [-0.25, -0.2) is 9.59 Å². The molecule has 2 rings (SSSR count). The Morgan fingerprint density at radius 2 is 1.68 bits per heavy atom. The molecule has 1 unspecified atom stereocenters. The standard InChI is InChI=1S/C18H17ClN2O4/c1-2-21(16(22)13-8-10-14(19)11-9-13)18(25)20-15(17(23)24)12-6-4-3-5-7-12/h3-11,15H,2H2,1H3,(H,20,25)(H,23,24). The molecule has 130 valence electrons. The van der Waals surface area contributed by atoms with Gasteiger partial charge in [-0.1, -0.05) is 41.9 Å². The topological polar surface area (TPSA) is 86.7 Å². The first-order valence-corrected chi connectivity index (χ1v) is 7.97. The zero-order chi connectivity index (χ0) is 18.4. The second kappa shape index (κ2) is 8.30. The lowest BCUT2D eigenvalue weighted by Gasteiger charge is -2.22. The Balaban J connectivity index is 2.19. The van der Waals surface area contributed by atoms with Crippen LogP contribution in [0.25, 0.3) is 0 Å². The Morgan fingerprint density at radius 1 is 1.08 bits per heavy atom. The number of aliphatic carboxylic acids is 1. The highest BCUT2D eigenvalue weighted by Gasteiger charge is 2.27. The van der Waals surface area contributed by atoms with Crippen LogP contribution in [-0.2, 0) is 4.79 Å². The van der Waals surface area contributed by atoms with Crippen LogP contribution in [0.1, 0.15) is 28.9 Å². The van der Waals surface area contributed by atoms with E-state index < -0.39 is 23.9 Å². The van der Waals surface area contributed by atoms with Crippen molar-refractivity contribution in [2.45, 2.75) is 13.0 Å². The Morgan fingerprint density at radius 3 is 2.20 bits per heavy atom. The smallest absolute Gasteiger partial charge is 0.330 e. The number of carbonyl (C=O) groups is 3. The van der Waals surface area contributed by atoms with Crippen LogP contribution in [0.5, 0.6) is 0 Å². The first kappa shape index (κ1) is 18.5. The lowest BCUT2D eigenvalue weighted by molar-refractivity contribution is -0.139. The summed E-state index contributed by atoms with van der Waals surface area (Å²) in [6.45, 7) is 1.72. The zero-order valence-electron chi connectivity index (χ0n) is 13.5. The second-order valence-electron chi connectivity index (χ2n) is 5.19. The molecule has 3 amide bonds. The molecule has 0 aliphatic rings. The molecule has 25 heavy (non-hydrogen) atoms. The van der Waals surface area contributed by atoms with Crippen LogP contribution in [0, 0.1) is 0 Å². The molecular weight excluding hydrogens is 344 g/mol. The summed E-state index contributed by atoms with van der Waals surface area (Å²) < 4.78 is 0. The molecule has 0 aliphatic carbocycles. The minimum absolute atomic E-state index is 0.0917. The number of nitrogens with one attached hydrogen (secondary N) is 1. The number of urea groups is 1. The molecule has 2 aromatic carbocycles. The predicted molar refractivity (Wildman–Crippen MR) is 93.5 cm³/mol. The number of benzene rings is 2. The summed E-state index contributed by atoms with van der Waals surface area (Å²) in [4.78, 5) is 37.4. The summed E-state index contributed by atoms with van der Waals surface area (Å²) in [5.41, 5.74) is 0.700. The molecule has 2 N–H and O–H groups in total. The average molecular weight is 361 g/mol. The molecule has 7 heteroatoms. The van der Waals surface area contributed by atoms with Crippen molar-refractivity contribution in [3.05, 3.63) is 70.7 Å². The number of hydrogen-bond donors (Lipinski definition) is 2. The van der Waals surface area contributed by atoms with Crippen LogP contribution in [0.4, 0.5) is 4.79 Å². The number of carbonyl (C=O) groups excluding carboxylic acids is 2. The minimum Gasteiger partial charge on any atom is -0.479 e. The normalized spacial score (nSPS) is 11.4. The van der Waals surface area contributed by atoms with Crippen LogP contribution in [0.3, 0.4) is 0 Å². The van der Waals surface area contributed by atoms with Crippen LogP contribution < -0.4 is 5.32 Å². The van der Waals surface area contributed by atoms with Gasteiger partial charge in [0, 0.05) is 17.1 Å². The Labute approximate surface area is 150 Å². The lowest BCUT2D eigenvalue weighted by atomic mass is 10.1. The molecule has 0 radical (unpaired) electrons. The fraction of sp³-hybridized carbons (Fsp3) is 0.167. The Kier molecular flexibility index (Phi) is 6.14. The lowest BCUT2D eigenvalue weighted by Crippen LogP contribution is -2.46. The monoisotopic (exact) mass is 360 g/mol. The van der Waals surface area contributed by atoms with E-state index in [4.69, 9.17) is 11.6 Å². The maximum absolute atomic E-state index is 12.5. The molecular formula is C18H17ClN2O4. The predicted octanol–water partition coefficient (Wildman–Crippen LogP) is 3.34. The molecule has 0 spiro atoms. The van der Waals surface area contributed by atoms with Crippen molar-refractivity contribution in [3.63, 3.8) is 0 Å². The van der Waals surface area contributed by atoms with Crippen LogP contribution in [-0.4, -0.2) is 34.5 Å². The van der Waals surface area contributed by atoms with Crippen molar-refractivity contribution >= 4 is 29.5 Å². The van der Waals surface area contributed by atoms with E-state index in [0.29, 0.717) is 10.6 Å². The molecule has 0 saturated heterocycles. The van der Waals surface area contributed by atoms with Crippen LogP contribution >= 0.6 is 11.6 Å². The van der Waals surface area contributed by atoms with Gasteiger partial charge in [0.15, 0.2) is 6.04 Å². The SMILES string of the molecule is CCN(C(=O)NC(C(=O)O)c1ccccc1)C(=O)c1ccc(Cl)cc1. The highest BCUT2D eigenvalue weighted by atomic mass is 35.5. The van der Waals surface area contributed by atoms with Gasteiger partial charge in [-0.15, -0.1) is 0 Å². The third-order valence-electron chi connectivity index (χ3n) is 3.55. The Hall–Kier alpha value is -2.86. The maximum Gasteiger partial charge on any atom is 0.330 e. The molecule has 0 aromatic heterocycles. The number of rotatable bonds is 5. The second-order valence-corrected chi connectivity index (χ2v) is 5.62. The van der Waals surface area contributed by atoms with E-state index in [1.54, 1.807) is 49.4 Å². The van der Waals surface area contributed by atoms with Gasteiger partial charge in [-0.3, -0.25) is 9.69 Å². The van der Waals surface area contributed by atoms with Crippen LogP contribution in [0.2, 0.25) is 5.02 Å². The summed E-state index contributed by atoms with van der Waals surface area (Å²) >= 11 is 5.79. The van der Waals surface area contributed by atoms with Crippen molar-refractivity contribution < 1.29 is 19.5 Å². The van der Waals surface area contributed by atoms with Gasteiger partial charge in [0.1, 0.15) is 0 Å². The van der Waals surface area contributed by atoms with Crippen molar-refractivity contribution in [3.8, 4) is 0 Å². The van der Waals surface area contributed by atoms with Gasteiger partial charge in [0.05, 0.1) is 0 Å². The van der Waals surface area contributed by atoms with Crippen molar-refractivity contribution in [1.29, 1.82) is 0 Å². The summed E-state index contributed by atoms with van der Waals surface area (Å²) in [5, 5.41) is 12.2. The number of amides is 3. The van der Waals surface area contributed by atoms with E-state index in [1.165, 1.54) is 12.1 Å². The summed E-state index contributed by atoms with van der Waals surface area (Å²) in [7, 11) is 0. The summed E-state index contributed by atoms with van der Waals surface area (Å²) in [6, 6.07) is 12.4. The van der Waals surface area contributed by atoms with E-state index in [1.807, 2.05) is 0 Å². The van der Waals surface area contributed by atoms with Gasteiger partial charge in [0.25, 0.3) is 5.91 Å². The molecule has 0 bridgehead atoms. The van der Waals surface area contributed by atoms with Crippen molar-refractivity contribution in [2.75, 3.05) is 6.54 Å². The van der Waals surface area contributed by atoms with Crippen LogP contribution in [0.15, 0.2) is 54.6 Å². The quantitative estimate of drug-likeness (QED) is 0.856. The van der Waals surface area contributed by atoms with E-state index >= 15 is 0 Å². The summed E-state index contributed by atoms with van der Waals surface area (Å²) in [5.74, 6) is -1.75. The van der Waals surface area contributed by atoms with Gasteiger partial charge in [-0.05, 0) is 36.8 Å². The van der Waals surface area contributed by atoms with E-state index in [9.17, 15) is 19.5 Å². The number of hydrogen-bond acceptors (Lipinski definition) is 3. The van der Waals surface area contributed by atoms with Gasteiger partial charge < -0.3 is 10.4 Å².